The summed E-state index contributed by atoms with van der Waals surface area (Å²) in [5.41, 5.74) is 0. The fourth-order valence-corrected chi connectivity index (χ4v) is 3.52. The van der Waals surface area contributed by atoms with Crippen LogP contribution in [-0.2, 0) is 0 Å². The van der Waals surface area contributed by atoms with Gasteiger partial charge >= 0.3 is 0 Å². The molecule has 0 radical (unpaired) electrons. The van der Waals surface area contributed by atoms with Crippen molar-refractivity contribution in [1.29, 1.82) is 0 Å². The highest BCUT2D eigenvalue weighted by Gasteiger charge is 2.33. The average Bonchev–Trinajstić information content (AvgIpc) is 3.01. The van der Waals surface area contributed by atoms with Crippen LogP contribution < -0.4 is 5.32 Å². The first-order chi connectivity index (χ1) is 9.79. The van der Waals surface area contributed by atoms with Crippen LogP contribution in [0.5, 0.6) is 0 Å². The van der Waals surface area contributed by atoms with Crippen LogP contribution in [0.3, 0.4) is 0 Å². The van der Waals surface area contributed by atoms with Crippen molar-refractivity contribution in [3.05, 3.63) is 11.6 Å². The molecule has 1 aliphatic carbocycles. The molecular weight excluding hydrogens is 254 g/mol. The Labute approximate surface area is 118 Å². The number of nitrogens with zero attached hydrogens (tertiary/aromatic N) is 3. The van der Waals surface area contributed by atoms with Gasteiger partial charge < -0.3 is 10.2 Å². The number of aromatic amines is 1. The van der Waals surface area contributed by atoms with Gasteiger partial charge in [-0.25, -0.2) is 4.98 Å². The number of amides is 1. The van der Waals surface area contributed by atoms with Gasteiger partial charge in [0.15, 0.2) is 0 Å². The van der Waals surface area contributed by atoms with Gasteiger partial charge in [0, 0.05) is 24.5 Å². The number of nitrogens with one attached hydrogen (secondary N) is 2. The summed E-state index contributed by atoms with van der Waals surface area (Å²) in [6.07, 6.45) is 7.02. The summed E-state index contributed by atoms with van der Waals surface area (Å²) >= 11 is 0. The molecule has 108 valence electrons. The van der Waals surface area contributed by atoms with Gasteiger partial charge in [-0.3, -0.25) is 9.89 Å². The van der Waals surface area contributed by atoms with E-state index >= 15 is 0 Å². The van der Waals surface area contributed by atoms with Crippen LogP contribution in [0.25, 0.3) is 0 Å². The van der Waals surface area contributed by atoms with Crippen LogP contribution >= 0.6 is 0 Å². The second-order valence-electron chi connectivity index (χ2n) is 6.35. The van der Waals surface area contributed by atoms with E-state index in [0.717, 1.165) is 38.1 Å². The van der Waals surface area contributed by atoms with E-state index in [2.05, 4.69) is 25.4 Å². The van der Waals surface area contributed by atoms with Crippen LogP contribution in [0.2, 0.25) is 0 Å². The van der Waals surface area contributed by atoms with Gasteiger partial charge in [0.1, 0.15) is 5.82 Å². The minimum atomic E-state index is -0.121. The highest BCUT2D eigenvalue weighted by Crippen LogP contribution is 2.37. The maximum Gasteiger partial charge on any atom is 0.291 e. The minimum Gasteiger partial charge on any atom is -0.346 e. The first kappa shape index (κ1) is 12.3. The van der Waals surface area contributed by atoms with Crippen molar-refractivity contribution in [2.45, 2.75) is 56.5 Å². The number of piperidine rings is 1. The molecular formula is C14H21N5O. The Balaban J connectivity index is 1.36. The molecule has 6 heteroatoms. The largest absolute Gasteiger partial charge is 0.346 e. The highest BCUT2D eigenvalue weighted by atomic mass is 16.2. The Hall–Kier alpha value is -1.43. The van der Waals surface area contributed by atoms with Crippen molar-refractivity contribution in [3.8, 4) is 0 Å². The van der Waals surface area contributed by atoms with Gasteiger partial charge in [0.25, 0.3) is 5.91 Å². The molecule has 20 heavy (non-hydrogen) atoms. The summed E-state index contributed by atoms with van der Waals surface area (Å²) in [6, 6.07) is 0.952. The zero-order chi connectivity index (χ0) is 13.5. The maximum atomic E-state index is 12.2. The zero-order valence-electron chi connectivity index (χ0n) is 11.6. The smallest absolute Gasteiger partial charge is 0.291 e. The topological polar surface area (TPSA) is 73.9 Å². The number of rotatable bonds is 3. The predicted molar refractivity (Wildman–Crippen MR) is 73.4 cm³/mol. The summed E-state index contributed by atoms with van der Waals surface area (Å²) in [4.78, 5) is 19.1. The number of hydrogen-bond donors (Lipinski definition) is 2. The molecule has 0 spiro atoms. The monoisotopic (exact) mass is 275 g/mol. The van der Waals surface area contributed by atoms with Crippen LogP contribution in [0.1, 0.15) is 60.9 Å². The minimum absolute atomic E-state index is 0.121. The van der Waals surface area contributed by atoms with Gasteiger partial charge in [-0.15, -0.1) is 5.10 Å². The van der Waals surface area contributed by atoms with E-state index in [1.807, 2.05) is 0 Å². The van der Waals surface area contributed by atoms with E-state index in [4.69, 9.17) is 0 Å². The standard InChI is InChI=1S/C14H21N5O/c20-14(13-16-12(17-18-13)9-3-4-9)15-10-5-7-19-6-1-2-11(19)8-10/h9-11H,1-8H2,(H,15,20)(H,16,17,18). The van der Waals surface area contributed by atoms with Gasteiger partial charge in [0.2, 0.25) is 5.82 Å². The Morgan fingerprint density at radius 1 is 1.25 bits per heavy atom. The van der Waals surface area contributed by atoms with Gasteiger partial charge in [0.05, 0.1) is 0 Å². The molecule has 3 aliphatic rings. The Morgan fingerprint density at radius 2 is 2.15 bits per heavy atom. The van der Waals surface area contributed by atoms with Crippen molar-refractivity contribution in [3.63, 3.8) is 0 Å². The van der Waals surface area contributed by atoms with Gasteiger partial charge in [-0.2, -0.15) is 0 Å². The molecule has 1 aromatic heterocycles. The van der Waals surface area contributed by atoms with Crippen LogP contribution in [0, 0.1) is 0 Å². The van der Waals surface area contributed by atoms with Gasteiger partial charge in [-0.1, -0.05) is 0 Å². The lowest BCUT2D eigenvalue weighted by Gasteiger charge is -2.34. The molecule has 2 aliphatic heterocycles. The van der Waals surface area contributed by atoms with Gasteiger partial charge in [-0.05, 0) is 45.1 Å². The number of aromatic nitrogens is 3. The lowest BCUT2D eigenvalue weighted by Crippen LogP contribution is -2.47. The van der Waals surface area contributed by atoms with E-state index in [1.54, 1.807) is 0 Å². The molecule has 0 bridgehead atoms. The van der Waals surface area contributed by atoms with E-state index < -0.39 is 0 Å². The predicted octanol–water partition coefficient (Wildman–Crippen LogP) is 1.04. The van der Waals surface area contributed by atoms with E-state index in [-0.39, 0.29) is 11.9 Å². The molecule has 3 fully saturated rings. The third-order valence-corrected chi connectivity index (χ3v) is 4.83. The number of carbonyl (C=O) groups is 1. The molecule has 2 atom stereocenters. The highest BCUT2D eigenvalue weighted by molar-refractivity contribution is 5.90. The molecule has 0 aromatic carbocycles. The second-order valence-corrected chi connectivity index (χ2v) is 6.35. The summed E-state index contributed by atoms with van der Waals surface area (Å²) in [7, 11) is 0. The summed E-state index contributed by atoms with van der Waals surface area (Å²) in [6.45, 7) is 2.34. The third kappa shape index (κ3) is 2.32. The molecule has 6 nitrogen and oxygen atoms in total. The average molecular weight is 275 g/mol. The fraction of sp³-hybridized carbons (Fsp3) is 0.786. The molecule has 2 saturated heterocycles. The van der Waals surface area contributed by atoms with Crippen molar-refractivity contribution < 1.29 is 4.79 Å². The fourth-order valence-electron chi connectivity index (χ4n) is 3.52. The maximum absolute atomic E-state index is 12.2. The normalized spacial score (nSPS) is 30.2. The molecule has 4 rings (SSSR count). The Morgan fingerprint density at radius 3 is 3.00 bits per heavy atom. The first-order valence-corrected chi connectivity index (χ1v) is 7.77. The Kier molecular flexibility index (Phi) is 2.98. The quantitative estimate of drug-likeness (QED) is 0.864. The van der Waals surface area contributed by atoms with Crippen molar-refractivity contribution in [2.24, 2.45) is 0 Å². The Bertz CT molecular complexity index is 509. The summed E-state index contributed by atoms with van der Waals surface area (Å²) in [5, 5.41) is 10.1. The third-order valence-electron chi connectivity index (χ3n) is 4.83. The summed E-state index contributed by atoms with van der Waals surface area (Å²) in [5.74, 6) is 1.57. The number of hydrogen-bond acceptors (Lipinski definition) is 4. The first-order valence-electron chi connectivity index (χ1n) is 7.77. The van der Waals surface area contributed by atoms with Crippen molar-refractivity contribution in [2.75, 3.05) is 13.1 Å². The van der Waals surface area contributed by atoms with Crippen molar-refractivity contribution >= 4 is 5.91 Å². The molecule has 1 saturated carbocycles. The molecule has 1 aromatic rings. The zero-order valence-corrected chi connectivity index (χ0v) is 11.6. The molecule has 2 N–H and O–H groups in total. The molecule has 3 heterocycles. The SMILES string of the molecule is O=C(NC1CCN2CCCC2C1)c1n[nH]c(C2CC2)n1. The van der Waals surface area contributed by atoms with Crippen LogP contribution in [0.4, 0.5) is 0 Å². The number of carbonyl (C=O) groups excluding carboxylic acids is 1. The van der Waals surface area contributed by atoms with Crippen LogP contribution in [0.15, 0.2) is 0 Å². The second kappa shape index (κ2) is 4.84. The lowest BCUT2D eigenvalue weighted by molar-refractivity contribution is 0.0886. The number of H-pyrrole nitrogens is 1. The molecule has 2 unspecified atom stereocenters. The van der Waals surface area contributed by atoms with E-state index in [1.165, 1.54) is 19.4 Å². The van der Waals surface area contributed by atoms with Crippen molar-refractivity contribution in [1.82, 2.24) is 25.4 Å². The van der Waals surface area contributed by atoms with Crippen LogP contribution in [-0.4, -0.2) is 51.2 Å². The lowest BCUT2D eigenvalue weighted by atomic mass is 9.97. The van der Waals surface area contributed by atoms with E-state index in [0.29, 0.717) is 17.8 Å². The molecule has 1 amide bonds. The number of fused-ring (bicyclic) bond motifs is 1. The van der Waals surface area contributed by atoms with E-state index in [9.17, 15) is 4.79 Å². The summed E-state index contributed by atoms with van der Waals surface area (Å²) < 4.78 is 0.